The Balaban J connectivity index is 2.46. The molecular weight excluding hydrogens is 370 g/mol. The number of alkyl halides is 2. The molecule has 0 aromatic heterocycles. The van der Waals surface area contributed by atoms with Gasteiger partial charge in [0.25, 0.3) is 0 Å². The Hall–Kier alpha value is -0.130. The smallest absolute Gasteiger partial charge is 0.340 e. The Kier molecular flexibility index (Phi) is 9.83. The third-order valence-electron chi connectivity index (χ3n) is 3.32. The molecule has 0 aliphatic rings. The number of nitrogens with two attached hydrogens (primary N) is 1. The zero-order valence-corrected chi connectivity index (χ0v) is 16.7. The molecule has 0 bridgehead atoms. The van der Waals surface area contributed by atoms with E-state index in [1.807, 2.05) is 44.2 Å². The third kappa shape index (κ3) is 8.30. The summed E-state index contributed by atoms with van der Waals surface area (Å²) in [6, 6.07) is 9.93. The molecule has 1 atom stereocenters. The predicted molar refractivity (Wildman–Crippen MR) is 101 cm³/mol. The van der Waals surface area contributed by atoms with Crippen molar-refractivity contribution < 1.29 is 13.8 Å². The van der Waals surface area contributed by atoms with Gasteiger partial charge in [-0.25, -0.2) is 10.2 Å². The van der Waals surface area contributed by atoms with Crippen LogP contribution in [0.25, 0.3) is 0 Å². The van der Waals surface area contributed by atoms with Crippen molar-refractivity contribution in [1.82, 2.24) is 4.67 Å². The second-order valence-corrected chi connectivity index (χ2v) is 9.02. The fourth-order valence-electron chi connectivity index (χ4n) is 2.00. The first-order chi connectivity index (χ1) is 11.3. The highest BCUT2D eigenvalue weighted by molar-refractivity contribution is 7.53. The molecule has 1 rings (SSSR count). The van der Waals surface area contributed by atoms with Crippen LogP contribution in [0.2, 0.25) is 0 Å². The quantitative estimate of drug-likeness (QED) is 0.425. The molecule has 0 saturated heterocycles. The van der Waals surface area contributed by atoms with Crippen LogP contribution >= 0.6 is 30.9 Å². The Morgan fingerprint density at radius 2 is 1.71 bits per heavy atom. The van der Waals surface area contributed by atoms with Gasteiger partial charge in [-0.2, -0.15) is 0 Å². The summed E-state index contributed by atoms with van der Waals surface area (Å²) in [5.41, 5.74) is 6.64. The second-order valence-electron chi connectivity index (χ2n) is 6.31. The van der Waals surface area contributed by atoms with Crippen LogP contribution in [0.5, 0.6) is 0 Å². The standard InChI is InChI=1S/C16H27Cl2N2O3P/c1-16(2,13-22-12-15-6-4-3-5-7-15)14-23-24(19,21)20(10-8-17)11-9-18/h3-7H,8-14H2,1-2H3,(H2,19,21)/t24-/m1/s1. The maximum Gasteiger partial charge on any atom is 0.340 e. The first-order valence-electron chi connectivity index (χ1n) is 7.83. The number of halogens is 2. The minimum Gasteiger partial charge on any atom is -0.376 e. The normalized spacial score (nSPS) is 14.8. The van der Waals surface area contributed by atoms with Gasteiger partial charge < -0.3 is 9.26 Å². The number of nitrogens with zero attached hydrogens (tertiary/aromatic N) is 1. The lowest BCUT2D eigenvalue weighted by molar-refractivity contribution is 0.0244. The molecule has 0 aliphatic carbocycles. The molecule has 0 amide bonds. The first kappa shape index (κ1) is 21.9. The molecule has 5 nitrogen and oxygen atoms in total. The molecule has 0 fully saturated rings. The average molecular weight is 397 g/mol. The van der Waals surface area contributed by atoms with Gasteiger partial charge in [-0.3, -0.25) is 4.57 Å². The highest BCUT2D eigenvalue weighted by Crippen LogP contribution is 2.43. The zero-order valence-electron chi connectivity index (χ0n) is 14.3. The third-order valence-corrected chi connectivity index (χ3v) is 5.35. The molecular formula is C16H27Cl2N2O3P. The van der Waals surface area contributed by atoms with E-state index in [1.54, 1.807) is 0 Å². The van der Waals surface area contributed by atoms with Gasteiger partial charge >= 0.3 is 7.67 Å². The van der Waals surface area contributed by atoms with Crippen molar-refractivity contribution in [3.05, 3.63) is 35.9 Å². The lowest BCUT2D eigenvalue weighted by Crippen LogP contribution is -2.32. The number of rotatable bonds is 12. The molecule has 0 heterocycles. The van der Waals surface area contributed by atoms with E-state index in [-0.39, 0.29) is 12.0 Å². The monoisotopic (exact) mass is 396 g/mol. The van der Waals surface area contributed by atoms with Gasteiger partial charge in [-0.05, 0) is 5.56 Å². The van der Waals surface area contributed by atoms with Gasteiger partial charge in [-0.1, -0.05) is 44.2 Å². The number of ether oxygens (including phenoxy) is 1. The van der Waals surface area contributed by atoms with Gasteiger partial charge in [0.1, 0.15) is 0 Å². The lowest BCUT2D eigenvalue weighted by Gasteiger charge is -2.30. The van der Waals surface area contributed by atoms with Crippen molar-refractivity contribution in [2.24, 2.45) is 10.9 Å². The van der Waals surface area contributed by atoms with Crippen LogP contribution in [-0.4, -0.2) is 42.7 Å². The molecule has 1 aromatic rings. The van der Waals surface area contributed by atoms with Crippen molar-refractivity contribution in [2.75, 3.05) is 38.1 Å². The number of hydrogen-bond donors (Lipinski definition) is 1. The van der Waals surface area contributed by atoms with E-state index in [0.29, 0.717) is 38.1 Å². The Labute approximate surface area is 155 Å². The van der Waals surface area contributed by atoms with E-state index in [9.17, 15) is 4.57 Å². The molecule has 0 radical (unpaired) electrons. The van der Waals surface area contributed by atoms with E-state index < -0.39 is 7.67 Å². The van der Waals surface area contributed by atoms with E-state index in [2.05, 4.69) is 0 Å². The summed E-state index contributed by atoms with van der Waals surface area (Å²) in [7, 11) is -3.41. The summed E-state index contributed by atoms with van der Waals surface area (Å²) in [6.45, 7) is 5.90. The van der Waals surface area contributed by atoms with Gasteiger partial charge in [-0.15, -0.1) is 23.2 Å². The Morgan fingerprint density at radius 3 is 2.25 bits per heavy atom. The molecule has 0 aliphatic heterocycles. The van der Waals surface area contributed by atoms with Crippen LogP contribution in [0.1, 0.15) is 19.4 Å². The SMILES string of the molecule is CC(C)(COCc1ccccc1)CO[P@@](N)(=O)N(CCCl)CCCl. The van der Waals surface area contributed by atoms with E-state index in [4.69, 9.17) is 38.0 Å². The van der Waals surface area contributed by atoms with E-state index in [0.717, 1.165) is 5.56 Å². The number of hydrogen-bond acceptors (Lipinski definition) is 3. The summed E-state index contributed by atoms with van der Waals surface area (Å²) >= 11 is 11.4. The van der Waals surface area contributed by atoms with Crippen LogP contribution in [0.4, 0.5) is 0 Å². The van der Waals surface area contributed by atoms with E-state index in [1.165, 1.54) is 4.67 Å². The van der Waals surface area contributed by atoms with Crippen LogP contribution < -0.4 is 5.50 Å². The predicted octanol–water partition coefficient (Wildman–Crippen LogP) is 4.09. The summed E-state index contributed by atoms with van der Waals surface area (Å²) < 4.78 is 25.3. The molecule has 138 valence electrons. The largest absolute Gasteiger partial charge is 0.376 e. The van der Waals surface area contributed by atoms with E-state index >= 15 is 0 Å². The molecule has 0 unspecified atom stereocenters. The summed E-state index contributed by atoms with van der Waals surface area (Å²) in [5.74, 6) is 0.621. The van der Waals surface area contributed by atoms with Crippen molar-refractivity contribution in [3.63, 3.8) is 0 Å². The van der Waals surface area contributed by atoms with Crippen LogP contribution in [0.3, 0.4) is 0 Å². The van der Waals surface area contributed by atoms with Gasteiger partial charge in [0, 0.05) is 30.3 Å². The molecule has 24 heavy (non-hydrogen) atoms. The fourth-order valence-corrected chi connectivity index (χ4v) is 4.09. The topological polar surface area (TPSA) is 64.8 Å². The van der Waals surface area contributed by atoms with Gasteiger partial charge in [0.05, 0.1) is 19.8 Å². The highest BCUT2D eigenvalue weighted by atomic mass is 35.5. The maximum atomic E-state index is 12.6. The summed E-state index contributed by atoms with van der Waals surface area (Å²) in [5, 5.41) is 0. The van der Waals surface area contributed by atoms with Gasteiger partial charge in [0.15, 0.2) is 0 Å². The maximum absolute atomic E-state index is 12.6. The minimum absolute atomic E-state index is 0.219. The number of benzene rings is 1. The second kappa shape index (κ2) is 10.8. The Bertz CT molecular complexity index is 511. The van der Waals surface area contributed by atoms with Gasteiger partial charge in [0.2, 0.25) is 0 Å². The van der Waals surface area contributed by atoms with Crippen molar-refractivity contribution >= 4 is 30.9 Å². The van der Waals surface area contributed by atoms with Crippen molar-refractivity contribution in [3.8, 4) is 0 Å². The Morgan fingerprint density at radius 1 is 1.12 bits per heavy atom. The highest BCUT2D eigenvalue weighted by Gasteiger charge is 2.30. The van der Waals surface area contributed by atoms with Crippen LogP contribution in [0, 0.1) is 5.41 Å². The molecule has 1 aromatic carbocycles. The van der Waals surface area contributed by atoms with Crippen LogP contribution in [-0.2, 0) is 20.4 Å². The van der Waals surface area contributed by atoms with Crippen molar-refractivity contribution in [2.45, 2.75) is 20.5 Å². The molecule has 2 N–H and O–H groups in total. The fraction of sp³-hybridized carbons (Fsp3) is 0.625. The summed E-state index contributed by atoms with van der Waals surface area (Å²) in [6.07, 6.45) is 0. The zero-order chi connectivity index (χ0) is 18.1. The average Bonchev–Trinajstić information content (AvgIpc) is 2.54. The van der Waals surface area contributed by atoms with Crippen LogP contribution in [0.15, 0.2) is 30.3 Å². The summed E-state index contributed by atoms with van der Waals surface area (Å²) in [4.78, 5) is 0. The first-order valence-corrected chi connectivity index (χ1v) is 10.5. The minimum atomic E-state index is -3.41. The molecule has 8 heteroatoms. The molecule has 0 saturated carbocycles. The van der Waals surface area contributed by atoms with Crippen molar-refractivity contribution in [1.29, 1.82) is 0 Å². The lowest BCUT2D eigenvalue weighted by atomic mass is 9.96. The molecule has 0 spiro atoms.